The van der Waals surface area contributed by atoms with Gasteiger partial charge < -0.3 is 15.5 Å². The van der Waals surface area contributed by atoms with E-state index in [1.165, 1.54) is 5.56 Å². The molecule has 0 saturated heterocycles. The Morgan fingerprint density at radius 3 is 2.37 bits per heavy atom. The maximum absolute atomic E-state index is 12.0. The number of carbonyl (C=O) groups is 2. The van der Waals surface area contributed by atoms with E-state index in [9.17, 15) is 9.59 Å². The van der Waals surface area contributed by atoms with Gasteiger partial charge in [-0.2, -0.15) is 0 Å². The van der Waals surface area contributed by atoms with Crippen molar-refractivity contribution in [1.82, 2.24) is 15.5 Å². The molecule has 0 aromatic heterocycles. The molecule has 5 heteroatoms. The van der Waals surface area contributed by atoms with E-state index in [1.807, 2.05) is 49.3 Å². The van der Waals surface area contributed by atoms with Gasteiger partial charge in [0.15, 0.2) is 0 Å². The van der Waals surface area contributed by atoms with Gasteiger partial charge in [-0.3, -0.25) is 9.59 Å². The molecule has 0 saturated carbocycles. The second-order valence-electron chi connectivity index (χ2n) is 7.41. The summed E-state index contributed by atoms with van der Waals surface area (Å²) in [6, 6.07) is 17.5. The van der Waals surface area contributed by atoms with Crippen molar-refractivity contribution < 1.29 is 9.59 Å². The van der Waals surface area contributed by atoms with Crippen molar-refractivity contribution in [3.05, 3.63) is 71.3 Å². The molecule has 30 heavy (non-hydrogen) atoms. The van der Waals surface area contributed by atoms with Crippen LogP contribution in [0.25, 0.3) is 0 Å². The van der Waals surface area contributed by atoms with Gasteiger partial charge in [0.25, 0.3) is 5.91 Å². The van der Waals surface area contributed by atoms with Crippen LogP contribution in [0.2, 0.25) is 0 Å². The molecule has 2 aromatic rings. The molecule has 2 N–H and O–H groups in total. The van der Waals surface area contributed by atoms with Crippen molar-refractivity contribution in [3.63, 3.8) is 0 Å². The highest BCUT2D eigenvalue weighted by Gasteiger charge is 2.04. The number of nitrogens with one attached hydrogen (secondary N) is 2. The van der Waals surface area contributed by atoms with Crippen molar-refractivity contribution in [1.29, 1.82) is 0 Å². The van der Waals surface area contributed by atoms with Crippen molar-refractivity contribution >= 4 is 11.8 Å². The monoisotopic (exact) mass is 405 g/mol. The van der Waals surface area contributed by atoms with E-state index in [0.717, 1.165) is 31.4 Å². The first-order valence-corrected chi connectivity index (χ1v) is 10.4. The summed E-state index contributed by atoms with van der Waals surface area (Å²) in [5.41, 5.74) is 2.74. The van der Waals surface area contributed by atoms with Gasteiger partial charge in [-0.25, -0.2) is 0 Å². The first-order valence-electron chi connectivity index (χ1n) is 10.4. The first kappa shape index (κ1) is 23.2. The van der Waals surface area contributed by atoms with Crippen LogP contribution >= 0.6 is 0 Å². The van der Waals surface area contributed by atoms with Crippen LogP contribution in [0.4, 0.5) is 0 Å². The van der Waals surface area contributed by atoms with Gasteiger partial charge in [0.1, 0.15) is 0 Å². The third-order valence-corrected chi connectivity index (χ3v) is 4.56. The average molecular weight is 406 g/mol. The number of amides is 2. The van der Waals surface area contributed by atoms with E-state index in [0.29, 0.717) is 25.1 Å². The summed E-state index contributed by atoms with van der Waals surface area (Å²) in [7, 11) is 3.93. The summed E-state index contributed by atoms with van der Waals surface area (Å²) >= 11 is 0. The number of aryl methyl sites for hydroxylation is 1. The lowest BCUT2D eigenvalue weighted by atomic mass is 10.1. The number of hydrogen-bond acceptors (Lipinski definition) is 3. The van der Waals surface area contributed by atoms with Crippen LogP contribution in [0.1, 0.15) is 40.7 Å². The zero-order valence-electron chi connectivity index (χ0n) is 17.9. The molecule has 0 aliphatic carbocycles. The summed E-state index contributed by atoms with van der Waals surface area (Å²) in [6.45, 7) is 1.73. The standard InChI is InChI=1S/C25H31N3O2/c1-28(2)20-19-27-25(30)23-16-14-22(15-17-23)12-8-18-26-24(29)13-7-6-11-21-9-4-3-5-10-21/h3-5,9-10,14-17H,6-7,11,13,18-20H2,1-2H3,(H,26,29)(H,27,30). The van der Waals surface area contributed by atoms with Crippen molar-refractivity contribution in [2.75, 3.05) is 33.7 Å². The van der Waals surface area contributed by atoms with E-state index >= 15 is 0 Å². The number of nitrogens with zero attached hydrogens (tertiary/aromatic N) is 1. The Labute approximate surface area is 179 Å². The van der Waals surface area contributed by atoms with E-state index in [4.69, 9.17) is 0 Å². The largest absolute Gasteiger partial charge is 0.351 e. The molecular weight excluding hydrogens is 374 g/mol. The number of unbranched alkanes of at least 4 members (excludes halogenated alkanes) is 1. The fourth-order valence-corrected chi connectivity index (χ4v) is 2.84. The third kappa shape index (κ3) is 9.40. The lowest BCUT2D eigenvalue weighted by molar-refractivity contribution is -0.120. The summed E-state index contributed by atoms with van der Waals surface area (Å²) < 4.78 is 0. The zero-order valence-corrected chi connectivity index (χ0v) is 17.9. The minimum Gasteiger partial charge on any atom is -0.351 e. The molecule has 5 nitrogen and oxygen atoms in total. The summed E-state index contributed by atoms with van der Waals surface area (Å²) in [5, 5.41) is 5.71. The van der Waals surface area contributed by atoms with Crippen molar-refractivity contribution in [2.24, 2.45) is 0 Å². The fraction of sp³-hybridized carbons (Fsp3) is 0.360. The van der Waals surface area contributed by atoms with Gasteiger partial charge in [0, 0.05) is 30.6 Å². The predicted molar refractivity (Wildman–Crippen MR) is 121 cm³/mol. The molecule has 0 radical (unpaired) electrons. The van der Waals surface area contributed by atoms with Gasteiger partial charge >= 0.3 is 0 Å². The van der Waals surface area contributed by atoms with Gasteiger partial charge in [0.05, 0.1) is 6.54 Å². The molecule has 158 valence electrons. The maximum Gasteiger partial charge on any atom is 0.251 e. The molecular formula is C25H31N3O2. The summed E-state index contributed by atoms with van der Waals surface area (Å²) in [4.78, 5) is 26.0. The normalized spacial score (nSPS) is 10.2. The smallest absolute Gasteiger partial charge is 0.251 e. The quantitative estimate of drug-likeness (QED) is 0.472. The highest BCUT2D eigenvalue weighted by molar-refractivity contribution is 5.94. The number of benzene rings is 2. The molecule has 0 aliphatic rings. The average Bonchev–Trinajstić information content (AvgIpc) is 2.75. The Hall–Kier alpha value is -3.10. The molecule has 0 fully saturated rings. The highest BCUT2D eigenvalue weighted by atomic mass is 16.2. The zero-order chi connectivity index (χ0) is 21.6. The minimum absolute atomic E-state index is 0.0297. The lowest BCUT2D eigenvalue weighted by Gasteiger charge is -2.10. The molecule has 0 heterocycles. The van der Waals surface area contributed by atoms with E-state index in [2.05, 4.69) is 34.6 Å². The Kier molecular flexibility index (Phi) is 10.2. The molecule has 0 atom stereocenters. The second kappa shape index (κ2) is 13.2. The predicted octanol–water partition coefficient (Wildman–Crippen LogP) is 2.86. The van der Waals surface area contributed by atoms with Crippen molar-refractivity contribution in [2.45, 2.75) is 25.7 Å². The van der Waals surface area contributed by atoms with Crippen molar-refractivity contribution in [3.8, 4) is 11.8 Å². The molecule has 0 bridgehead atoms. The molecule has 0 unspecified atom stereocenters. The molecule has 0 aliphatic heterocycles. The van der Waals surface area contributed by atoms with Crippen LogP contribution in [0, 0.1) is 11.8 Å². The molecule has 2 rings (SSSR count). The lowest BCUT2D eigenvalue weighted by Crippen LogP contribution is -2.31. The topological polar surface area (TPSA) is 61.4 Å². The molecule has 2 amide bonds. The molecule has 2 aromatic carbocycles. The number of hydrogen-bond donors (Lipinski definition) is 2. The third-order valence-electron chi connectivity index (χ3n) is 4.56. The van der Waals surface area contributed by atoms with Gasteiger partial charge in [-0.1, -0.05) is 42.2 Å². The Morgan fingerprint density at radius 2 is 1.67 bits per heavy atom. The van der Waals surface area contributed by atoms with Crippen LogP contribution in [-0.4, -0.2) is 50.4 Å². The molecule has 0 spiro atoms. The van der Waals surface area contributed by atoms with Crippen LogP contribution < -0.4 is 10.6 Å². The Bertz CT molecular complexity index is 849. The SMILES string of the molecule is CN(C)CCNC(=O)c1ccc(C#CCNC(=O)CCCCc2ccccc2)cc1. The van der Waals surface area contributed by atoms with E-state index in [1.54, 1.807) is 12.1 Å². The number of rotatable bonds is 10. The number of likely N-dealkylation sites (N-methyl/N-ethyl adjacent to an activating group) is 1. The number of carbonyl (C=O) groups excluding carboxylic acids is 2. The summed E-state index contributed by atoms with van der Waals surface area (Å²) in [5.74, 6) is 5.91. The van der Waals surface area contributed by atoms with Crippen LogP contribution in [-0.2, 0) is 11.2 Å². The minimum atomic E-state index is -0.0871. The van der Waals surface area contributed by atoms with E-state index < -0.39 is 0 Å². The van der Waals surface area contributed by atoms with Gasteiger partial charge in [0.2, 0.25) is 5.91 Å². The van der Waals surface area contributed by atoms with E-state index in [-0.39, 0.29) is 11.8 Å². The fourth-order valence-electron chi connectivity index (χ4n) is 2.84. The second-order valence-corrected chi connectivity index (χ2v) is 7.41. The van der Waals surface area contributed by atoms with Crippen LogP contribution in [0.15, 0.2) is 54.6 Å². The van der Waals surface area contributed by atoms with Crippen LogP contribution in [0.3, 0.4) is 0 Å². The van der Waals surface area contributed by atoms with Crippen LogP contribution in [0.5, 0.6) is 0 Å². The van der Waals surface area contributed by atoms with Gasteiger partial charge in [-0.05, 0) is 63.2 Å². The first-order chi connectivity index (χ1) is 14.5. The Morgan fingerprint density at radius 1 is 0.933 bits per heavy atom. The van der Waals surface area contributed by atoms with Gasteiger partial charge in [-0.15, -0.1) is 0 Å². The highest BCUT2D eigenvalue weighted by Crippen LogP contribution is 2.06. The summed E-state index contributed by atoms with van der Waals surface area (Å²) in [6.07, 6.45) is 3.38. The Balaban J connectivity index is 1.63. The maximum atomic E-state index is 12.0.